The summed E-state index contributed by atoms with van der Waals surface area (Å²) < 4.78 is 5.87. The van der Waals surface area contributed by atoms with Gasteiger partial charge in [-0.05, 0) is 32.1 Å². The predicted molar refractivity (Wildman–Crippen MR) is 84.4 cm³/mol. The van der Waals surface area contributed by atoms with Crippen molar-refractivity contribution in [2.45, 2.75) is 38.2 Å². The van der Waals surface area contributed by atoms with Crippen LogP contribution >= 0.6 is 0 Å². The molecule has 3 rings (SSSR count). The van der Waals surface area contributed by atoms with Gasteiger partial charge in [0.05, 0.1) is 12.8 Å². The van der Waals surface area contributed by atoms with E-state index in [-0.39, 0.29) is 11.8 Å². The second kappa shape index (κ2) is 6.48. The quantitative estimate of drug-likeness (QED) is 0.652. The van der Waals surface area contributed by atoms with E-state index in [1.807, 2.05) is 0 Å². The molecular formula is C16H17N5O2. The summed E-state index contributed by atoms with van der Waals surface area (Å²) in [5.74, 6) is -0.217. The Hall–Kier alpha value is -2.88. The number of H-pyrrole nitrogens is 1. The van der Waals surface area contributed by atoms with E-state index < -0.39 is 5.91 Å². The van der Waals surface area contributed by atoms with Crippen LogP contribution in [-0.2, 0) is 11.2 Å². The van der Waals surface area contributed by atoms with Gasteiger partial charge in [-0.3, -0.25) is 4.79 Å². The molecule has 1 amide bonds. The number of nitrogens with one attached hydrogen (secondary N) is 1. The average molecular weight is 311 g/mol. The van der Waals surface area contributed by atoms with Gasteiger partial charge in [-0.25, -0.2) is 14.8 Å². The minimum Gasteiger partial charge on any atom is -0.473 e. The van der Waals surface area contributed by atoms with Crippen LogP contribution in [0.25, 0.3) is 16.0 Å². The zero-order valence-electron chi connectivity index (χ0n) is 12.6. The summed E-state index contributed by atoms with van der Waals surface area (Å²) in [6, 6.07) is 0. The van der Waals surface area contributed by atoms with Gasteiger partial charge >= 0.3 is 0 Å². The van der Waals surface area contributed by atoms with E-state index in [0.717, 1.165) is 18.4 Å². The first-order valence-electron chi connectivity index (χ1n) is 7.54. The van der Waals surface area contributed by atoms with Crippen LogP contribution < -0.4 is 10.5 Å². The monoisotopic (exact) mass is 311 g/mol. The Balaban J connectivity index is 1.83. The van der Waals surface area contributed by atoms with E-state index >= 15 is 0 Å². The van der Waals surface area contributed by atoms with Gasteiger partial charge in [0.2, 0.25) is 17.5 Å². The van der Waals surface area contributed by atoms with Crippen LogP contribution in [0.2, 0.25) is 0 Å². The predicted octanol–water partition coefficient (Wildman–Crippen LogP) is 2.11. The Morgan fingerprint density at radius 3 is 3.00 bits per heavy atom. The van der Waals surface area contributed by atoms with Crippen LogP contribution in [0.15, 0.2) is 24.2 Å². The third-order valence-electron chi connectivity index (χ3n) is 3.92. The van der Waals surface area contributed by atoms with Crippen molar-refractivity contribution in [3.05, 3.63) is 41.1 Å². The first kappa shape index (κ1) is 15.0. The van der Waals surface area contributed by atoms with E-state index in [0.29, 0.717) is 23.5 Å². The lowest BCUT2D eigenvalue weighted by atomic mass is 10.2. The van der Waals surface area contributed by atoms with Crippen LogP contribution in [0.1, 0.15) is 31.2 Å². The molecule has 1 aliphatic carbocycles. The number of carbonyl (C=O) groups excluding carboxylic acids is 1. The Bertz CT molecular complexity index is 796. The van der Waals surface area contributed by atoms with Gasteiger partial charge in [0.1, 0.15) is 11.6 Å². The number of aromatic amines is 1. The Morgan fingerprint density at radius 2 is 2.30 bits per heavy atom. The van der Waals surface area contributed by atoms with Gasteiger partial charge < -0.3 is 15.5 Å². The number of allylic oxidation sites excluding steroid dienone is 1. The number of fused-ring (bicyclic) bond motifs is 1. The average Bonchev–Trinajstić information content (AvgIpc) is 3.17. The number of nitrogens with zero attached hydrogens (tertiary/aromatic N) is 3. The maximum absolute atomic E-state index is 11.1. The Morgan fingerprint density at radius 1 is 1.52 bits per heavy atom. The summed E-state index contributed by atoms with van der Waals surface area (Å²) in [5.41, 5.74) is 7.23. The van der Waals surface area contributed by atoms with Gasteiger partial charge in [0.25, 0.3) is 0 Å². The molecule has 0 bridgehead atoms. The fourth-order valence-corrected chi connectivity index (χ4v) is 2.72. The highest BCUT2D eigenvalue weighted by Crippen LogP contribution is 2.24. The van der Waals surface area contributed by atoms with E-state index in [1.165, 1.54) is 18.9 Å². The van der Waals surface area contributed by atoms with Crippen LogP contribution in [-0.4, -0.2) is 27.0 Å². The molecule has 23 heavy (non-hydrogen) atoms. The summed E-state index contributed by atoms with van der Waals surface area (Å²) in [7, 11) is 0. The van der Waals surface area contributed by atoms with Crippen LogP contribution in [0.5, 0.6) is 5.88 Å². The largest absolute Gasteiger partial charge is 0.473 e. The van der Waals surface area contributed by atoms with Gasteiger partial charge in [-0.1, -0.05) is 6.08 Å². The van der Waals surface area contributed by atoms with Crippen molar-refractivity contribution in [1.82, 2.24) is 15.0 Å². The van der Waals surface area contributed by atoms with Crippen molar-refractivity contribution in [3.8, 4) is 5.88 Å². The number of hydrogen-bond acceptors (Lipinski definition) is 4. The lowest BCUT2D eigenvalue weighted by Gasteiger charge is -2.11. The molecule has 0 atom stereocenters. The topological polar surface area (TPSA) is 98.2 Å². The third kappa shape index (κ3) is 3.31. The summed E-state index contributed by atoms with van der Waals surface area (Å²) >= 11 is 0. The molecule has 0 saturated heterocycles. The lowest BCUT2D eigenvalue weighted by Crippen LogP contribution is -2.12. The van der Waals surface area contributed by atoms with Crippen LogP contribution in [0.3, 0.4) is 0 Å². The Labute approximate surface area is 133 Å². The minimum atomic E-state index is -0.726. The van der Waals surface area contributed by atoms with Gasteiger partial charge in [0.15, 0.2) is 5.65 Å². The SMILES string of the molecule is [C-]#[N+]/C(=C\Cc1c[nH]c2ncc(OC3CCCC3)nc12)C(N)=O. The summed E-state index contributed by atoms with van der Waals surface area (Å²) in [6.07, 6.45) is 9.96. The summed E-state index contributed by atoms with van der Waals surface area (Å²) in [6.45, 7) is 6.94. The minimum absolute atomic E-state index is 0.0781. The molecule has 0 radical (unpaired) electrons. The molecule has 7 nitrogen and oxygen atoms in total. The Kier molecular flexibility index (Phi) is 4.24. The molecule has 0 aromatic carbocycles. The molecule has 1 saturated carbocycles. The smallest absolute Gasteiger partial charge is 0.247 e. The first-order chi connectivity index (χ1) is 11.2. The lowest BCUT2D eigenvalue weighted by molar-refractivity contribution is -0.114. The van der Waals surface area contributed by atoms with Gasteiger partial charge in [-0.2, -0.15) is 0 Å². The fourth-order valence-electron chi connectivity index (χ4n) is 2.72. The first-order valence-corrected chi connectivity index (χ1v) is 7.54. The van der Waals surface area contributed by atoms with E-state index in [4.69, 9.17) is 17.0 Å². The fraction of sp³-hybridized carbons (Fsp3) is 0.375. The van der Waals surface area contributed by atoms with E-state index in [1.54, 1.807) is 12.4 Å². The van der Waals surface area contributed by atoms with Crippen LogP contribution in [0.4, 0.5) is 0 Å². The van der Waals surface area contributed by atoms with Gasteiger partial charge in [-0.15, -0.1) is 0 Å². The molecule has 7 heteroatoms. The molecule has 2 aromatic rings. The number of rotatable bonds is 5. The van der Waals surface area contributed by atoms with Crippen molar-refractivity contribution in [1.29, 1.82) is 0 Å². The standard InChI is InChI=1S/C16H17N5O2/c1-18-12(15(17)22)7-6-10-8-19-16-14(10)21-13(9-20-16)23-11-4-2-3-5-11/h7-9,11H,2-6H2,(H2,17,22)(H,19,20)/b12-7-. The number of ether oxygens (including phenoxy) is 1. The van der Waals surface area contributed by atoms with E-state index in [9.17, 15) is 4.79 Å². The molecule has 0 aliphatic heterocycles. The number of nitrogens with two attached hydrogens (primary N) is 1. The summed E-state index contributed by atoms with van der Waals surface area (Å²) in [5, 5.41) is 0. The number of amides is 1. The number of hydrogen-bond donors (Lipinski definition) is 2. The van der Waals surface area contributed by atoms with Crippen molar-refractivity contribution in [3.63, 3.8) is 0 Å². The van der Waals surface area contributed by atoms with Crippen molar-refractivity contribution in [2.75, 3.05) is 0 Å². The maximum Gasteiger partial charge on any atom is 0.247 e. The van der Waals surface area contributed by atoms with Gasteiger partial charge in [0, 0.05) is 11.8 Å². The summed E-state index contributed by atoms with van der Waals surface area (Å²) in [4.78, 5) is 26.1. The third-order valence-corrected chi connectivity index (χ3v) is 3.92. The molecular weight excluding hydrogens is 294 g/mol. The second-order valence-electron chi connectivity index (χ2n) is 5.51. The highest BCUT2D eigenvalue weighted by atomic mass is 16.5. The highest BCUT2D eigenvalue weighted by Gasteiger charge is 2.18. The zero-order valence-corrected chi connectivity index (χ0v) is 12.6. The van der Waals surface area contributed by atoms with E-state index in [2.05, 4.69) is 19.8 Å². The molecule has 1 aliphatic rings. The molecule has 3 N–H and O–H groups in total. The second-order valence-corrected chi connectivity index (χ2v) is 5.51. The molecule has 0 spiro atoms. The molecule has 1 fully saturated rings. The van der Waals surface area contributed by atoms with Crippen molar-refractivity contribution in [2.24, 2.45) is 5.73 Å². The van der Waals surface area contributed by atoms with Crippen molar-refractivity contribution < 1.29 is 9.53 Å². The molecule has 0 unspecified atom stereocenters. The molecule has 118 valence electrons. The van der Waals surface area contributed by atoms with Crippen LogP contribution in [0, 0.1) is 6.57 Å². The zero-order chi connectivity index (χ0) is 16.2. The normalized spacial score (nSPS) is 15.7. The highest BCUT2D eigenvalue weighted by molar-refractivity contribution is 5.93. The number of aromatic nitrogens is 3. The molecule has 2 heterocycles. The molecule has 2 aromatic heterocycles. The number of primary amides is 1. The number of carbonyl (C=O) groups is 1. The van der Waals surface area contributed by atoms with Crippen molar-refractivity contribution >= 4 is 17.1 Å². The maximum atomic E-state index is 11.1.